The van der Waals surface area contributed by atoms with Crippen LogP contribution in [-0.2, 0) is 6.18 Å². The van der Waals surface area contributed by atoms with Crippen molar-refractivity contribution in [1.82, 2.24) is 4.98 Å². The fraction of sp³-hybridized carbons (Fsp3) is 0.0625. The second kappa shape index (κ2) is 5.35. The van der Waals surface area contributed by atoms with Gasteiger partial charge in [-0.25, -0.2) is 9.37 Å². The van der Waals surface area contributed by atoms with Gasteiger partial charge in [0.05, 0.1) is 5.52 Å². The molecule has 0 aliphatic rings. The van der Waals surface area contributed by atoms with Gasteiger partial charge in [0.25, 0.3) is 0 Å². The summed E-state index contributed by atoms with van der Waals surface area (Å²) in [4.78, 5) is 3.63. The minimum absolute atomic E-state index is 0.0788. The highest BCUT2D eigenvalue weighted by molar-refractivity contribution is 9.10. The molecule has 0 fully saturated rings. The zero-order valence-electron chi connectivity index (χ0n) is 11.0. The molecular weight excluding hydrogens is 362 g/mol. The lowest BCUT2D eigenvalue weighted by Crippen LogP contribution is -2.08. The third kappa shape index (κ3) is 2.70. The molecule has 0 aliphatic carbocycles. The van der Waals surface area contributed by atoms with Crippen LogP contribution in [0, 0.1) is 5.82 Å². The van der Waals surface area contributed by atoms with Gasteiger partial charge in [-0.15, -0.1) is 0 Å². The lowest BCUT2D eigenvalue weighted by molar-refractivity contribution is -0.140. The molecule has 0 amide bonds. The molecule has 2 aromatic carbocycles. The fourth-order valence-corrected chi connectivity index (χ4v) is 2.77. The lowest BCUT2D eigenvalue weighted by Gasteiger charge is -2.13. The smallest absolute Gasteiger partial charge is 0.242 e. The first-order valence-electron chi connectivity index (χ1n) is 6.28. The molecule has 0 bridgehead atoms. The molecule has 1 aromatic heterocycles. The predicted octanol–water partition coefficient (Wildman–Crippen LogP) is 5.82. The van der Waals surface area contributed by atoms with Gasteiger partial charge in [0.1, 0.15) is 11.5 Å². The Balaban J connectivity index is 2.42. The van der Waals surface area contributed by atoms with Gasteiger partial charge >= 0.3 is 6.18 Å². The molecule has 0 radical (unpaired) electrons. The molecular formula is C16H8BrF4N. The maximum Gasteiger partial charge on any atom is 0.433 e. The van der Waals surface area contributed by atoms with E-state index in [1.54, 1.807) is 30.3 Å². The van der Waals surface area contributed by atoms with E-state index in [4.69, 9.17) is 0 Å². The molecule has 3 rings (SSSR count). The lowest BCUT2D eigenvalue weighted by atomic mass is 10.00. The van der Waals surface area contributed by atoms with Crippen LogP contribution in [0.2, 0.25) is 0 Å². The summed E-state index contributed by atoms with van der Waals surface area (Å²) >= 11 is 3.09. The molecule has 112 valence electrons. The van der Waals surface area contributed by atoms with Gasteiger partial charge in [0.2, 0.25) is 0 Å². The summed E-state index contributed by atoms with van der Waals surface area (Å²) in [5.41, 5.74) is -0.0720. The molecule has 0 atom stereocenters. The van der Waals surface area contributed by atoms with Crippen molar-refractivity contribution in [3.05, 3.63) is 64.5 Å². The van der Waals surface area contributed by atoms with Crippen LogP contribution in [0.15, 0.2) is 53.0 Å². The summed E-state index contributed by atoms with van der Waals surface area (Å²) < 4.78 is 53.0. The van der Waals surface area contributed by atoms with Crippen LogP contribution in [-0.4, -0.2) is 4.98 Å². The van der Waals surface area contributed by atoms with Gasteiger partial charge in [-0.1, -0.05) is 30.3 Å². The van der Waals surface area contributed by atoms with E-state index in [0.717, 1.165) is 12.1 Å². The van der Waals surface area contributed by atoms with Crippen LogP contribution >= 0.6 is 15.9 Å². The standard InChI is InChI=1S/C16H8BrF4N/c17-13-7-10(18)6-12-11(9-4-2-1-3-5-9)8-14(16(19,20)21)22-15(12)13/h1-8H. The van der Waals surface area contributed by atoms with Crippen LogP contribution in [0.3, 0.4) is 0 Å². The zero-order chi connectivity index (χ0) is 15.9. The van der Waals surface area contributed by atoms with E-state index < -0.39 is 17.7 Å². The van der Waals surface area contributed by atoms with E-state index in [1.165, 1.54) is 6.07 Å². The Morgan fingerprint density at radius 3 is 2.27 bits per heavy atom. The van der Waals surface area contributed by atoms with Crippen LogP contribution in [0.5, 0.6) is 0 Å². The van der Waals surface area contributed by atoms with Gasteiger partial charge < -0.3 is 0 Å². The third-order valence-corrected chi connectivity index (χ3v) is 3.81. The Kier molecular flexibility index (Phi) is 3.64. The Bertz CT molecular complexity index is 844. The van der Waals surface area contributed by atoms with Gasteiger partial charge in [0.15, 0.2) is 0 Å². The average molecular weight is 370 g/mol. The molecule has 3 aromatic rings. The van der Waals surface area contributed by atoms with Crippen LogP contribution in [0.4, 0.5) is 17.6 Å². The molecule has 0 spiro atoms. The topological polar surface area (TPSA) is 12.9 Å². The zero-order valence-corrected chi connectivity index (χ0v) is 12.5. The quantitative estimate of drug-likeness (QED) is 0.492. The van der Waals surface area contributed by atoms with Crippen LogP contribution in [0.1, 0.15) is 5.69 Å². The molecule has 22 heavy (non-hydrogen) atoms. The summed E-state index contributed by atoms with van der Waals surface area (Å²) in [6.45, 7) is 0. The van der Waals surface area contributed by atoms with Crippen molar-refractivity contribution < 1.29 is 17.6 Å². The monoisotopic (exact) mass is 369 g/mol. The first kappa shape index (κ1) is 15.0. The predicted molar refractivity (Wildman–Crippen MR) is 79.8 cm³/mol. The molecule has 6 heteroatoms. The third-order valence-electron chi connectivity index (χ3n) is 3.21. The Morgan fingerprint density at radius 2 is 1.64 bits per heavy atom. The number of pyridine rings is 1. The number of hydrogen-bond acceptors (Lipinski definition) is 1. The summed E-state index contributed by atoms with van der Waals surface area (Å²) in [7, 11) is 0. The van der Waals surface area contributed by atoms with Crippen LogP contribution in [0.25, 0.3) is 22.0 Å². The van der Waals surface area contributed by atoms with Crippen molar-refractivity contribution in [2.24, 2.45) is 0 Å². The molecule has 0 aliphatic heterocycles. The van der Waals surface area contributed by atoms with E-state index in [2.05, 4.69) is 20.9 Å². The molecule has 0 unspecified atom stereocenters. The highest BCUT2D eigenvalue weighted by Gasteiger charge is 2.33. The maximum atomic E-state index is 13.6. The molecule has 1 heterocycles. The van der Waals surface area contributed by atoms with Gasteiger partial charge in [0, 0.05) is 9.86 Å². The molecule has 0 N–H and O–H groups in total. The van der Waals surface area contributed by atoms with Crippen molar-refractivity contribution in [3.63, 3.8) is 0 Å². The number of nitrogens with zero attached hydrogens (tertiary/aromatic N) is 1. The minimum atomic E-state index is -4.58. The van der Waals surface area contributed by atoms with Crippen LogP contribution < -0.4 is 0 Å². The van der Waals surface area contributed by atoms with E-state index >= 15 is 0 Å². The summed E-state index contributed by atoms with van der Waals surface area (Å²) in [6.07, 6.45) is -4.58. The highest BCUT2D eigenvalue weighted by atomic mass is 79.9. The van der Waals surface area contributed by atoms with E-state index in [0.29, 0.717) is 10.9 Å². The normalized spacial score (nSPS) is 11.9. The second-order valence-corrected chi connectivity index (χ2v) is 5.56. The minimum Gasteiger partial charge on any atom is -0.242 e. The molecule has 0 saturated carbocycles. The fourth-order valence-electron chi connectivity index (χ4n) is 2.25. The Hall–Kier alpha value is -1.95. The average Bonchev–Trinajstić information content (AvgIpc) is 2.46. The highest BCUT2D eigenvalue weighted by Crippen LogP contribution is 2.37. The van der Waals surface area contributed by atoms with Crippen molar-refractivity contribution in [2.45, 2.75) is 6.18 Å². The number of hydrogen-bond donors (Lipinski definition) is 0. The van der Waals surface area contributed by atoms with E-state index in [-0.39, 0.29) is 15.6 Å². The van der Waals surface area contributed by atoms with Gasteiger partial charge in [-0.3, -0.25) is 0 Å². The first-order chi connectivity index (χ1) is 10.4. The summed E-state index contributed by atoms with van der Waals surface area (Å²) in [5.74, 6) is -0.543. The Morgan fingerprint density at radius 1 is 0.955 bits per heavy atom. The van der Waals surface area contributed by atoms with Crippen molar-refractivity contribution in [3.8, 4) is 11.1 Å². The summed E-state index contributed by atoms with van der Waals surface area (Å²) in [6, 6.07) is 11.8. The number of halogens is 5. The van der Waals surface area contributed by atoms with Crippen molar-refractivity contribution >= 4 is 26.8 Å². The number of aromatic nitrogens is 1. The molecule has 1 nitrogen and oxygen atoms in total. The molecule has 0 saturated heterocycles. The summed E-state index contributed by atoms with van der Waals surface area (Å²) in [5, 5.41) is 0.325. The van der Waals surface area contributed by atoms with Crippen molar-refractivity contribution in [2.75, 3.05) is 0 Å². The largest absolute Gasteiger partial charge is 0.433 e. The van der Waals surface area contributed by atoms with Gasteiger partial charge in [-0.05, 0) is 45.3 Å². The maximum absolute atomic E-state index is 13.6. The number of rotatable bonds is 1. The van der Waals surface area contributed by atoms with E-state index in [1.807, 2.05) is 0 Å². The SMILES string of the molecule is Fc1cc(Br)c2nc(C(F)(F)F)cc(-c3ccccc3)c2c1. The Labute approximate surface area is 131 Å². The number of fused-ring (bicyclic) bond motifs is 1. The number of alkyl halides is 3. The first-order valence-corrected chi connectivity index (χ1v) is 7.08. The van der Waals surface area contributed by atoms with Gasteiger partial charge in [-0.2, -0.15) is 13.2 Å². The number of benzene rings is 2. The second-order valence-electron chi connectivity index (χ2n) is 4.70. The van der Waals surface area contributed by atoms with Crippen molar-refractivity contribution in [1.29, 1.82) is 0 Å². The van der Waals surface area contributed by atoms with E-state index in [9.17, 15) is 17.6 Å².